The molecule has 1 fully saturated rings. The summed E-state index contributed by atoms with van der Waals surface area (Å²) < 4.78 is 0. The molecule has 1 N–H and O–H groups in total. The van der Waals surface area contributed by atoms with E-state index in [1.807, 2.05) is 13.8 Å². The van der Waals surface area contributed by atoms with Crippen LogP contribution in [0.15, 0.2) is 12.1 Å². The fourth-order valence-electron chi connectivity index (χ4n) is 1.82. The Hall–Kier alpha value is -0.980. The molecule has 0 radical (unpaired) electrons. The molecule has 1 nitrogen and oxygen atoms in total. The highest BCUT2D eigenvalue weighted by molar-refractivity contribution is 5.42. The molecule has 0 atom stereocenters. The van der Waals surface area contributed by atoms with Gasteiger partial charge in [0.25, 0.3) is 0 Å². The molecule has 1 aromatic carbocycles. The molecule has 1 saturated carbocycles. The number of hydrogen-bond donors (Lipinski definition) is 1. The Balaban J connectivity index is 2.25. The monoisotopic (exact) mass is 176 g/mol. The van der Waals surface area contributed by atoms with Crippen LogP contribution in [-0.2, 0) is 6.42 Å². The van der Waals surface area contributed by atoms with Gasteiger partial charge in [0.1, 0.15) is 5.75 Å². The van der Waals surface area contributed by atoms with Gasteiger partial charge in [0.2, 0.25) is 0 Å². The summed E-state index contributed by atoms with van der Waals surface area (Å²) in [5.74, 6) is 1.38. The quantitative estimate of drug-likeness (QED) is 0.734. The smallest absolute Gasteiger partial charge is 0.121 e. The van der Waals surface area contributed by atoms with Crippen LogP contribution in [0.4, 0.5) is 0 Å². The molecule has 13 heavy (non-hydrogen) atoms. The third kappa shape index (κ3) is 1.85. The average Bonchev–Trinajstić information content (AvgIpc) is 2.84. The van der Waals surface area contributed by atoms with E-state index in [-0.39, 0.29) is 0 Å². The van der Waals surface area contributed by atoms with Crippen LogP contribution in [-0.4, -0.2) is 5.11 Å². The van der Waals surface area contributed by atoms with Crippen molar-refractivity contribution in [3.05, 3.63) is 28.8 Å². The van der Waals surface area contributed by atoms with E-state index in [9.17, 15) is 5.11 Å². The predicted octanol–water partition coefficient (Wildman–Crippen LogP) is 2.96. The number of phenols is 1. The molecule has 0 unspecified atom stereocenters. The van der Waals surface area contributed by atoms with Gasteiger partial charge in [-0.25, -0.2) is 0 Å². The average molecular weight is 176 g/mol. The minimum Gasteiger partial charge on any atom is -0.507 e. The van der Waals surface area contributed by atoms with E-state index in [0.29, 0.717) is 5.75 Å². The third-order valence-electron chi connectivity index (χ3n) is 2.77. The molecule has 70 valence electrons. The van der Waals surface area contributed by atoms with E-state index in [1.54, 1.807) is 0 Å². The first-order valence-electron chi connectivity index (χ1n) is 4.96. The standard InChI is InChI=1S/C12H16O/c1-8-5-11(7-10-3-4-10)6-9(2)12(8)13/h5-6,10,13H,3-4,7H2,1-2H3. The summed E-state index contributed by atoms with van der Waals surface area (Å²) in [5, 5.41) is 9.58. The van der Waals surface area contributed by atoms with Crippen LogP contribution in [0, 0.1) is 19.8 Å². The highest BCUT2D eigenvalue weighted by atomic mass is 16.3. The Morgan fingerprint density at radius 1 is 1.23 bits per heavy atom. The zero-order valence-electron chi connectivity index (χ0n) is 8.30. The molecule has 0 aromatic heterocycles. The van der Waals surface area contributed by atoms with Gasteiger partial charge in [0, 0.05) is 0 Å². The van der Waals surface area contributed by atoms with Crippen molar-refractivity contribution in [3.8, 4) is 5.75 Å². The Labute approximate surface area is 79.4 Å². The van der Waals surface area contributed by atoms with Crippen LogP contribution in [0.25, 0.3) is 0 Å². The fraction of sp³-hybridized carbons (Fsp3) is 0.500. The first-order valence-corrected chi connectivity index (χ1v) is 4.96. The molecular weight excluding hydrogens is 160 g/mol. The molecule has 0 saturated heterocycles. The molecule has 1 aliphatic carbocycles. The van der Waals surface area contributed by atoms with Crippen LogP contribution in [0.1, 0.15) is 29.5 Å². The van der Waals surface area contributed by atoms with Gasteiger partial charge in [-0.2, -0.15) is 0 Å². The van der Waals surface area contributed by atoms with Gasteiger partial charge in [0.05, 0.1) is 0 Å². The number of phenolic OH excluding ortho intramolecular Hbond substituents is 1. The number of rotatable bonds is 2. The lowest BCUT2D eigenvalue weighted by atomic mass is 10.0. The summed E-state index contributed by atoms with van der Waals surface area (Å²) in [6, 6.07) is 4.22. The zero-order valence-corrected chi connectivity index (χ0v) is 8.30. The van der Waals surface area contributed by atoms with Gasteiger partial charge in [-0.1, -0.05) is 12.1 Å². The maximum absolute atomic E-state index is 9.58. The van der Waals surface area contributed by atoms with Crippen molar-refractivity contribution in [3.63, 3.8) is 0 Å². The molecular formula is C12H16O. The maximum atomic E-state index is 9.58. The van der Waals surface area contributed by atoms with E-state index < -0.39 is 0 Å². The highest BCUT2D eigenvalue weighted by Crippen LogP contribution is 2.34. The zero-order chi connectivity index (χ0) is 9.42. The summed E-state index contributed by atoms with van der Waals surface area (Å²) in [4.78, 5) is 0. The fourth-order valence-corrected chi connectivity index (χ4v) is 1.82. The van der Waals surface area contributed by atoms with E-state index in [0.717, 1.165) is 17.0 Å². The maximum Gasteiger partial charge on any atom is 0.121 e. The highest BCUT2D eigenvalue weighted by Gasteiger charge is 2.21. The second-order valence-electron chi connectivity index (χ2n) is 4.23. The van der Waals surface area contributed by atoms with Gasteiger partial charge in [-0.3, -0.25) is 0 Å². The van der Waals surface area contributed by atoms with Crippen molar-refractivity contribution in [1.29, 1.82) is 0 Å². The van der Waals surface area contributed by atoms with E-state index in [4.69, 9.17) is 0 Å². The third-order valence-corrected chi connectivity index (χ3v) is 2.77. The van der Waals surface area contributed by atoms with Crippen molar-refractivity contribution in [2.45, 2.75) is 33.1 Å². The molecule has 1 aromatic rings. The van der Waals surface area contributed by atoms with Crippen LogP contribution < -0.4 is 0 Å². The summed E-state index contributed by atoms with van der Waals surface area (Å²) in [6.07, 6.45) is 3.97. The second kappa shape index (κ2) is 3.06. The van der Waals surface area contributed by atoms with Gasteiger partial charge in [0.15, 0.2) is 0 Å². The first kappa shape index (κ1) is 8.61. The first-order chi connectivity index (χ1) is 6.16. The number of hydrogen-bond acceptors (Lipinski definition) is 1. The Morgan fingerprint density at radius 2 is 1.77 bits per heavy atom. The number of aromatic hydroxyl groups is 1. The molecule has 2 rings (SSSR count). The number of benzene rings is 1. The van der Waals surface area contributed by atoms with Crippen molar-refractivity contribution >= 4 is 0 Å². The van der Waals surface area contributed by atoms with E-state index >= 15 is 0 Å². The predicted molar refractivity (Wildman–Crippen MR) is 54.0 cm³/mol. The lowest BCUT2D eigenvalue weighted by Gasteiger charge is -2.06. The molecule has 1 aliphatic rings. The lowest BCUT2D eigenvalue weighted by molar-refractivity contribution is 0.466. The van der Waals surface area contributed by atoms with Gasteiger partial charge in [-0.15, -0.1) is 0 Å². The molecule has 1 heteroatoms. The molecule has 0 amide bonds. The SMILES string of the molecule is Cc1cc(CC2CC2)cc(C)c1O. The van der Waals surface area contributed by atoms with Crippen LogP contribution in [0.3, 0.4) is 0 Å². The van der Waals surface area contributed by atoms with Crippen molar-refractivity contribution in [2.24, 2.45) is 5.92 Å². The van der Waals surface area contributed by atoms with Crippen molar-refractivity contribution in [2.75, 3.05) is 0 Å². The normalized spacial score (nSPS) is 16.2. The second-order valence-corrected chi connectivity index (χ2v) is 4.23. The lowest BCUT2D eigenvalue weighted by Crippen LogP contribution is -1.90. The molecule has 0 spiro atoms. The van der Waals surface area contributed by atoms with E-state index in [1.165, 1.54) is 24.8 Å². The molecule has 0 bridgehead atoms. The Morgan fingerprint density at radius 3 is 2.23 bits per heavy atom. The number of aryl methyl sites for hydroxylation is 2. The minimum atomic E-state index is 0.458. The van der Waals surface area contributed by atoms with Crippen LogP contribution >= 0.6 is 0 Å². The minimum absolute atomic E-state index is 0.458. The van der Waals surface area contributed by atoms with Crippen LogP contribution in [0.5, 0.6) is 5.75 Å². The Kier molecular flexibility index (Phi) is 2.03. The molecule has 0 aliphatic heterocycles. The van der Waals surface area contributed by atoms with Gasteiger partial charge >= 0.3 is 0 Å². The van der Waals surface area contributed by atoms with Gasteiger partial charge in [-0.05, 0) is 55.7 Å². The largest absolute Gasteiger partial charge is 0.507 e. The van der Waals surface area contributed by atoms with E-state index in [2.05, 4.69) is 12.1 Å². The topological polar surface area (TPSA) is 20.2 Å². The summed E-state index contributed by atoms with van der Waals surface area (Å²) in [5.41, 5.74) is 3.40. The van der Waals surface area contributed by atoms with Crippen LogP contribution in [0.2, 0.25) is 0 Å². The van der Waals surface area contributed by atoms with Crippen molar-refractivity contribution in [1.82, 2.24) is 0 Å². The summed E-state index contributed by atoms with van der Waals surface area (Å²) in [6.45, 7) is 3.94. The molecule has 0 heterocycles. The van der Waals surface area contributed by atoms with Gasteiger partial charge < -0.3 is 5.11 Å². The summed E-state index contributed by atoms with van der Waals surface area (Å²) in [7, 11) is 0. The van der Waals surface area contributed by atoms with Crippen molar-refractivity contribution < 1.29 is 5.11 Å². The Bertz CT molecular complexity index is 301. The summed E-state index contributed by atoms with van der Waals surface area (Å²) >= 11 is 0.